The first-order valence-corrected chi connectivity index (χ1v) is 11.3. The average Bonchev–Trinajstić information content (AvgIpc) is 2.83. The first kappa shape index (κ1) is 22.9. The van der Waals surface area contributed by atoms with Crippen LogP contribution in [0, 0.1) is 0 Å². The highest BCUT2D eigenvalue weighted by atomic mass is 35.5. The first-order valence-electron chi connectivity index (χ1n) is 11.0. The van der Waals surface area contributed by atoms with Crippen LogP contribution in [0.15, 0.2) is 60.7 Å². The number of carbonyl (C=O) groups excluding carboxylic acids is 1. The van der Waals surface area contributed by atoms with Gasteiger partial charge in [0.1, 0.15) is 5.75 Å². The third-order valence-electron chi connectivity index (χ3n) is 6.09. The lowest BCUT2D eigenvalue weighted by Gasteiger charge is -2.31. The van der Waals surface area contributed by atoms with E-state index >= 15 is 0 Å². The molecule has 3 aromatic carbocycles. The number of aliphatic carboxylic acids is 1. The number of rotatable bonds is 7. The van der Waals surface area contributed by atoms with Crippen LogP contribution in [0.3, 0.4) is 0 Å². The van der Waals surface area contributed by atoms with E-state index in [0.29, 0.717) is 48.7 Å². The van der Waals surface area contributed by atoms with Crippen LogP contribution >= 0.6 is 11.6 Å². The summed E-state index contributed by atoms with van der Waals surface area (Å²) in [7, 11) is 1.59. The van der Waals surface area contributed by atoms with E-state index in [9.17, 15) is 14.7 Å². The Hall–Kier alpha value is -3.31. The minimum atomic E-state index is -0.889. The van der Waals surface area contributed by atoms with Crippen LogP contribution in [0.2, 0.25) is 5.02 Å². The van der Waals surface area contributed by atoms with Crippen LogP contribution in [-0.4, -0.2) is 35.5 Å². The molecule has 1 heterocycles. The van der Waals surface area contributed by atoms with Crippen LogP contribution in [0.1, 0.15) is 28.7 Å². The van der Waals surface area contributed by atoms with Gasteiger partial charge < -0.3 is 14.7 Å². The predicted octanol–water partition coefficient (Wildman–Crippen LogP) is 5.16. The third kappa shape index (κ3) is 5.20. The molecule has 170 valence electrons. The Kier molecular flexibility index (Phi) is 6.99. The van der Waals surface area contributed by atoms with Gasteiger partial charge in [0, 0.05) is 30.1 Å². The van der Waals surface area contributed by atoms with E-state index in [0.717, 1.165) is 27.8 Å². The van der Waals surface area contributed by atoms with Gasteiger partial charge in [-0.05, 0) is 58.9 Å². The predicted molar refractivity (Wildman–Crippen MR) is 129 cm³/mol. The number of carboxylic acid groups (broad SMARTS) is 1. The van der Waals surface area contributed by atoms with Crippen molar-refractivity contribution in [3.05, 3.63) is 87.9 Å². The molecule has 1 amide bonds. The minimum absolute atomic E-state index is 0.0725. The van der Waals surface area contributed by atoms with E-state index in [1.54, 1.807) is 19.2 Å². The molecule has 0 aliphatic carbocycles. The number of carboxylic acids is 1. The van der Waals surface area contributed by atoms with E-state index in [1.807, 2.05) is 53.4 Å². The van der Waals surface area contributed by atoms with Crippen LogP contribution in [-0.2, 0) is 35.4 Å². The van der Waals surface area contributed by atoms with Crippen LogP contribution in [0.4, 0.5) is 0 Å². The highest BCUT2D eigenvalue weighted by molar-refractivity contribution is 6.31. The summed E-state index contributed by atoms with van der Waals surface area (Å²) < 4.78 is 5.58. The molecule has 0 spiro atoms. The second-order valence-electron chi connectivity index (χ2n) is 8.21. The molecule has 0 bridgehead atoms. The van der Waals surface area contributed by atoms with Crippen molar-refractivity contribution in [2.75, 3.05) is 13.7 Å². The van der Waals surface area contributed by atoms with Crippen LogP contribution < -0.4 is 4.74 Å². The molecule has 1 aliphatic rings. The molecule has 0 saturated carbocycles. The molecule has 0 fully saturated rings. The van der Waals surface area contributed by atoms with Gasteiger partial charge in [0.2, 0.25) is 5.91 Å². The Balaban J connectivity index is 1.64. The fourth-order valence-electron chi connectivity index (χ4n) is 4.40. The van der Waals surface area contributed by atoms with Crippen LogP contribution in [0.5, 0.6) is 5.75 Å². The summed E-state index contributed by atoms with van der Waals surface area (Å²) in [5.74, 6) is -0.123. The second kappa shape index (κ2) is 10.1. The van der Waals surface area contributed by atoms with Crippen molar-refractivity contribution in [3.8, 4) is 16.9 Å². The first-order chi connectivity index (χ1) is 16.0. The van der Waals surface area contributed by atoms with Gasteiger partial charge in [0.15, 0.2) is 0 Å². The maximum absolute atomic E-state index is 13.0. The van der Waals surface area contributed by atoms with Gasteiger partial charge in [-0.25, -0.2) is 0 Å². The average molecular weight is 464 g/mol. The lowest BCUT2D eigenvalue weighted by molar-refractivity contribution is -0.136. The smallest absolute Gasteiger partial charge is 0.307 e. The Morgan fingerprint density at radius 3 is 2.52 bits per heavy atom. The highest BCUT2D eigenvalue weighted by Gasteiger charge is 2.26. The normalized spacial score (nSPS) is 12.8. The molecule has 0 atom stereocenters. The van der Waals surface area contributed by atoms with Gasteiger partial charge in [-0.2, -0.15) is 0 Å². The Bertz CT molecular complexity index is 1180. The van der Waals surface area contributed by atoms with Gasteiger partial charge >= 0.3 is 5.97 Å². The summed E-state index contributed by atoms with van der Waals surface area (Å²) in [5.41, 5.74) is 5.59. The fourth-order valence-corrected chi connectivity index (χ4v) is 4.67. The number of aryl methyl sites for hydroxylation is 1. The number of amides is 1. The van der Waals surface area contributed by atoms with Gasteiger partial charge in [0.25, 0.3) is 0 Å². The monoisotopic (exact) mass is 463 g/mol. The molecule has 0 saturated heterocycles. The van der Waals surface area contributed by atoms with E-state index < -0.39 is 5.97 Å². The molecule has 3 aromatic rings. The van der Waals surface area contributed by atoms with Crippen molar-refractivity contribution in [2.45, 2.75) is 32.2 Å². The zero-order valence-electron chi connectivity index (χ0n) is 18.5. The maximum atomic E-state index is 13.0. The zero-order chi connectivity index (χ0) is 23.4. The zero-order valence-corrected chi connectivity index (χ0v) is 19.3. The molecule has 0 aromatic heterocycles. The summed E-state index contributed by atoms with van der Waals surface area (Å²) in [6, 6.07) is 19.2. The van der Waals surface area contributed by atoms with Gasteiger partial charge in [-0.3, -0.25) is 9.59 Å². The lowest BCUT2D eigenvalue weighted by Crippen LogP contribution is -2.36. The fraction of sp³-hybridized carbons (Fsp3) is 0.259. The molecule has 6 heteroatoms. The number of hydrogen-bond donors (Lipinski definition) is 1. The van der Waals surface area contributed by atoms with Gasteiger partial charge in [-0.1, -0.05) is 54.1 Å². The summed E-state index contributed by atoms with van der Waals surface area (Å²) >= 11 is 6.53. The van der Waals surface area contributed by atoms with Crippen LogP contribution in [0.25, 0.3) is 11.1 Å². The minimum Gasteiger partial charge on any atom is -0.496 e. The molecular weight excluding hydrogens is 438 g/mol. The number of methoxy groups -OCH3 is 1. The Morgan fingerprint density at radius 1 is 1.00 bits per heavy atom. The lowest BCUT2D eigenvalue weighted by atomic mass is 9.89. The van der Waals surface area contributed by atoms with E-state index in [1.165, 1.54) is 0 Å². The molecule has 33 heavy (non-hydrogen) atoms. The Labute approximate surface area is 198 Å². The van der Waals surface area contributed by atoms with Crippen molar-refractivity contribution >= 4 is 23.5 Å². The van der Waals surface area contributed by atoms with E-state index in [4.69, 9.17) is 16.3 Å². The molecular formula is C27H26ClNO4. The maximum Gasteiger partial charge on any atom is 0.307 e. The van der Waals surface area contributed by atoms with Gasteiger partial charge in [0.05, 0.1) is 13.5 Å². The molecule has 0 radical (unpaired) electrons. The number of benzene rings is 3. The largest absolute Gasteiger partial charge is 0.496 e. The number of carbonyl (C=O) groups is 2. The molecule has 0 unspecified atom stereocenters. The molecule has 4 rings (SSSR count). The van der Waals surface area contributed by atoms with Crippen molar-refractivity contribution in [1.29, 1.82) is 0 Å². The molecule has 1 N–H and O–H groups in total. The number of nitrogens with zero attached hydrogens (tertiary/aromatic N) is 1. The quantitative estimate of drug-likeness (QED) is 0.525. The third-order valence-corrected chi connectivity index (χ3v) is 6.44. The number of halogens is 1. The standard InChI is InChI=1S/C27H26ClNO4/c1-33-25-11-7-19(16-27(31)32)15-22(25)20-9-10-24(28)21-13-14-29(17-23(20)21)26(30)12-8-18-5-3-2-4-6-18/h2-7,9-11,15H,8,12-14,16-17H2,1H3,(H,31,32). The molecule has 5 nitrogen and oxygen atoms in total. The van der Waals surface area contributed by atoms with E-state index in [-0.39, 0.29) is 12.3 Å². The van der Waals surface area contributed by atoms with Crippen molar-refractivity contribution in [3.63, 3.8) is 0 Å². The summed E-state index contributed by atoms with van der Waals surface area (Å²) in [6.45, 7) is 1.09. The summed E-state index contributed by atoms with van der Waals surface area (Å²) in [6.07, 6.45) is 1.76. The van der Waals surface area contributed by atoms with E-state index in [2.05, 4.69) is 0 Å². The molecule has 1 aliphatic heterocycles. The van der Waals surface area contributed by atoms with Crippen molar-refractivity contribution < 1.29 is 19.4 Å². The number of fused-ring (bicyclic) bond motifs is 1. The topological polar surface area (TPSA) is 66.8 Å². The second-order valence-corrected chi connectivity index (χ2v) is 8.62. The SMILES string of the molecule is COc1ccc(CC(=O)O)cc1-c1ccc(Cl)c2c1CN(C(=O)CCc1ccccc1)CC2. The van der Waals surface area contributed by atoms with Crippen molar-refractivity contribution in [1.82, 2.24) is 4.90 Å². The van der Waals surface area contributed by atoms with Gasteiger partial charge in [-0.15, -0.1) is 0 Å². The summed E-state index contributed by atoms with van der Waals surface area (Å²) in [5, 5.41) is 9.91. The number of ether oxygens (including phenoxy) is 1. The van der Waals surface area contributed by atoms with Crippen molar-refractivity contribution in [2.24, 2.45) is 0 Å². The summed E-state index contributed by atoms with van der Waals surface area (Å²) in [4.78, 5) is 26.1. The Morgan fingerprint density at radius 2 is 1.79 bits per heavy atom. The number of hydrogen-bond acceptors (Lipinski definition) is 3. The highest BCUT2D eigenvalue weighted by Crippen LogP contribution is 2.39.